The molecular formula is C12H14N4O4. The first-order valence-electron chi connectivity index (χ1n) is 6.08. The number of rotatable bonds is 3. The molecule has 1 aromatic rings. The van der Waals surface area contributed by atoms with Crippen LogP contribution in [0.25, 0.3) is 0 Å². The minimum atomic E-state index is -0.536. The molecule has 1 N–H and O–H groups in total. The third-order valence-corrected chi connectivity index (χ3v) is 3.25. The Morgan fingerprint density at radius 1 is 1.50 bits per heavy atom. The predicted octanol–water partition coefficient (Wildman–Crippen LogP) is 0.858. The molecule has 0 spiro atoms. The lowest BCUT2D eigenvalue weighted by Crippen LogP contribution is -2.48. The van der Waals surface area contributed by atoms with Gasteiger partial charge in [0.15, 0.2) is 0 Å². The molecule has 0 saturated carbocycles. The summed E-state index contributed by atoms with van der Waals surface area (Å²) in [5.74, 6) is -0.144. The molecule has 0 aliphatic carbocycles. The van der Waals surface area contributed by atoms with Crippen molar-refractivity contribution in [2.75, 3.05) is 12.4 Å². The molecule has 1 saturated heterocycles. The summed E-state index contributed by atoms with van der Waals surface area (Å²) in [6, 6.07) is 0.980. The number of hydrogen-bond acceptors (Lipinski definition) is 6. The Kier molecular flexibility index (Phi) is 3.64. The summed E-state index contributed by atoms with van der Waals surface area (Å²) in [5.41, 5.74) is 0.387. The van der Waals surface area contributed by atoms with Crippen LogP contribution in [0.4, 0.5) is 11.5 Å². The molecule has 1 atom stereocenters. The number of piperidine rings is 1. The smallest absolute Gasteiger partial charge is 0.290 e. The number of carbonyl (C=O) groups excluding carboxylic acids is 2. The van der Waals surface area contributed by atoms with Gasteiger partial charge in [0.05, 0.1) is 4.92 Å². The van der Waals surface area contributed by atoms with Gasteiger partial charge in [-0.05, 0) is 19.4 Å². The van der Waals surface area contributed by atoms with Gasteiger partial charge in [0, 0.05) is 19.0 Å². The van der Waals surface area contributed by atoms with Crippen molar-refractivity contribution in [3.63, 3.8) is 0 Å². The fourth-order valence-electron chi connectivity index (χ4n) is 2.05. The Balaban J connectivity index is 2.14. The zero-order chi connectivity index (χ0) is 14.9. The molecule has 2 rings (SSSR count). The van der Waals surface area contributed by atoms with Gasteiger partial charge in [-0.3, -0.25) is 24.6 Å². The van der Waals surface area contributed by atoms with Crippen molar-refractivity contribution in [1.29, 1.82) is 0 Å². The highest BCUT2D eigenvalue weighted by Crippen LogP contribution is 2.21. The molecular weight excluding hydrogens is 264 g/mol. The predicted molar refractivity (Wildman–Crippen MR) is 70.1 cm³/mol. The Labute approximate surface area is 114 Å². The summed E-state index contributed by atoms with van der Waals surface area (Å²) < 4.78 is 0. The lowest BCUT2D eigenvalue weighted by atomic mass is 10.0. The standard InChI is InChI=1S/C12H14N4O4/c1-7-5-10(13-6-9(7)16(19)20)14-8-3-4-11(17)15(2)12(8)18/h5-6,8H,3-4H2,1-2H3,(H,13,14). The zero-order valence-electron chi connectivity index (χ0n) is 11.1. The number of nitro groups is 1. The van der Waals surface area contributed by atoms with Crippen LogP contribution in [-0.4, -0.2) is 39.7 Å². The molecule has 1 aromatic heterocycles. The van der Waals surface area contributed by atoms with Gasteiger partial charge in [0.2, 0.25) is 5.91 Å². The van der Waals surface area contributed by atoms with Crippen LogP contribution >= 0.6 is 0 Å². The average Bonchev–Trinajstić information content (AvgIpc) is 2.39. The number of carbonyl (C=O) groups is 2. The number of amides is 2. The van der Waals surface area contributed by atoms with Crippen LogP contribution in [-0.2, 0) is 9.59 Å². The van der Waals surface area contributed by atoms with Gasteiger partial charge in [-0.2, -0.15) is 0 Å². The first kappa shape index (κ1) is 13.9. The van der Waals surface area contributed by atoms with Crippen molar-refractivity contribution in [1.82, 2.24) is 9.88 Å². The molecule has 8 heteroatoms. The van der Waals surface area contributed by atoms with Gasteiger partial charge >= 0.3 is 0 Å². The van der Waals surface area contributed by atoms with Gasteiger partial charge in [-0.25, -0.2) is 4.98 Å². The average molecular weight is 278 g/mol. The second kappa shape index (κ2) is 5.24. The van der Waals surface area contributed by atoms with Crippen LogP contribution in [0.3, 0.4) is 0 Å². The van der Waals surface area contributed by atoms with Crippen molar-refractivity contribution in [3.05, 3.63) is 27.9 Å². The van der Waals surface area contributed by atoms with Crippen LogP contribution < -0.4 is 5.32 Å². The molecule has 2 amide bonds. The quantitative estimate of drug-likeness (QED) is 0.499. The van der Waals surface area contributed by atoms with Crippen LogP contribution in [0.5, 0.6) is 0 Å². The van der Waals surface area contributed by atoms with E-state index in [0.29, 0.717) is 17.8 Å². The normalized spacial score (nSPS) is 19.1. The van der Waals surface area contributed by atoms with Crippen LogP contribution in [0.15, 0.2) is 12.3 Å². The van der Waals surface area contributed by atoms with Gasteiger partial charge < -0.3 is 5.32 Å². The monoisotopic (exact) mass is 278 g/mol. The van der Waals surface area contributed by atoms with E-state index in [0.717, 1.165) is 11.1 Å². The Morgan fingerprint density at radius 3 is 2.80 bits per heavy atom. The molecule has 0 radical (unpaired) electrons. The van der Waals surface area contributed by atoms with E-state index in [1.165, 1.54) is 13.1 Å². The fraction of sp³-hybridized carbons (Fsp3) is 0.417. The largest absolute Gasteiger partial charge is 0.358 e. The summed E-state index contributed by atoms with van der Waals surface area (Å²) >= 11 is 0. The van der Waals surface area contributed by atoms with E-state index in [1.54, 1.807) is 6.92 Å². The second-order valence-corrected chi connectivity index (χ2v) is 4.64. The highest BCUT2D eigenvalue weighted by atomic mass is 16.6. The third-order valence-electron chi connectivity index (χ3n) is 3.25. The molecule has 20 heavy (non-hydrogen) atoms. The molecule has 106 valence electrons. The molecule has 0 aromatic carbocycles. The highest BCUT2D eigenvalue weighted by molar-refractivity contribution is 6.01. The maximum absolute atomic E-state index is 11.9. The number of imide groups is 1. The number of likely N-dealkylation sites (N-methyl/N-ethyl adjacent to an activating group) is 1. The van der Waals surface area contributed by atoms with Gasteiger partial charge in [0.1, 0.15) is 18.1 Å². The number of hydrogen-bond donors (Lipinski definition) is 1. The van der Waals surface area contributed by atoms with E-state index in [-0.39, 0.29) is 23.9 Å². The number of aryl methyl sites for hydroxylation is 1. The molecule has 8 nitrogen and oxygen atoms in total. The molecule has 2 heterocycles. The zero-order valence-corrected chi connectivity index (χ0v) is 11.1. The Morgan fingerprint density at radius 2 is 2.20 bits per heavy atom. The molecule has 1 aliphatic rings. The minimum Gasteiger partial charge on any atom is -0.358 e. The van der Waals surface area contributed by atoms with Gasteiger partial charge in [-0.1, -0.05) is 0 Å². The summed E-state index contributed by atoms with van der Waals surface area (Å²) in [6.07, 6.45) is 1.82. The Bertz CT molecular complexity index is 587. The topological polar surface area (TPSA) is 105 Å². The van der Waals surface area contributed by atoms with E-state index < -0.39 is 11.0 Å². The number of nitrogens with one attached hydrogen (secondary N) is 1. The van der Waals surface area contributed by atoms with E-state index in [2.05, 4.69) is 10.3 Å². The molecule has 0 bridgehead atoms. The van der Waals surface area contributed by atoms with E-state index >= 15 is 0 Å². The number of nitrogens with zero attached hydrogens (tertiary/aromatic N) is 3. The van der Waals surface area contributed by atoms with Gasteiger partial charge in [-0.15, -0.1) is 0 Å². The first-order chi connectivity index (χ1) is 9.40. The van der Waals surface area contributed by atoms with Crippen LogP contribution in [0, 0.1) is 17.0 Å². The van der Waals surface area contributed by atoms with E-state index in [4.69, 9.17) is 0 Å². The van der Waals surface area contributed by atoms with E-state index in [1.807, 2.05) is 0 Å². The summed E-state index contributed by atoms with van der Waals surface area (Å²) in [6.45, 7) is 1.60. The van der Waals surface area contributed by atoms with Crippen molar-refractivity contribution in [3.8, 4) is 0 Å². The molecule has 1 aliphatic heterocycles. The number of pyridine rings is 1. The number of anilines is 1. The van der Waals surface area contributed by atoms with Crippen molar-refractivity contribution in [2.24, 2.45) is 0 Å². The first-order valence-corrected chi connectivity index (χ1v) is 6.08. The second-order valence-electron chi connectivity index (χ2n) is 4.64. The molecule has 1 unspecified atom stereocenters. The van der Waals surface area contributed by atoms with Crippen molar-refractivity contribution >= 4 is 23.3 Å². The highest BCUT2D eigenvalue weighted by Gasteiger charge is 2.31. The summed E-state index contributed by atoms with van der Waals surface area (Å²) in [5, 5.41) is 13.6. The van der Waals surface area contributed by atoms with Crippen LogP contribution in [0.1, 0.15) is 18.4 Å². The lowest BCUT2D eigenvalue weighted by Gasteiger charge is -2.28. The van der Waals surface area contributed by atoms with Gasteiger partial charge in [0.25, 0.3) is 11.6 Å². The van der Waals surface area contributed by atoms with Crippen molar-refractivity contribution in [2.45, 2.75) is 25.8 Å². The number of aromatic nitrogens is 1. The summed E-state index contributed by atoms with van der Waals surface area (Å²) in [4.78, 5) is 38.5. The fourth-order valence-corrected chi connectivity index (χ4v) is 2.05. The Hall–Kier alpha value is -2.51. The maximum atomic E-state index is 11.9. The lowest BCUT2D eigenvalue weighted by molar-refractivity contribution is -0.385. The minimum absolute atomic E-state index is 0.0715. The SMILES string of the molecule is Cc1cc(NC2CCC(=O)N(C)C2=O)ncc1[N+](=O)[O-]. The molecule has 1 fully saturated rings. The van der Waals surface area contributed by atoms with Crippen LogP contribution in [0.2, 0.25) is 0 Å². The maximum Gasteiger partial charge on any atom is 0.290 e. The van der Waals surface area contributed by atoms with Crippen molar-refractivity contribution < 1.29 is 14.5 Å². The number of likely N-dealkylation sites (tertiary alicyclic amines) is 1. The van der Waals surface area contributed by atoms with E-state index in [9.17, 15) is 19.7 Å². The summed E-state index contributed by atoms with van der Waals surface area (Å²) in [7, 11) is 1.44. The third kappa shape index (κ3) is 2.58.